The molecule has 1 aliphatic rings. The Kier molecular flexibility index (Phi) is 5.62. The third kappa shape index (κ3) is 4.07. The fourth-order valence-corrected chi connectivity index (χ4v) is 5.52. The quantitative estimate of drug-likeness (QED) is 0.426. The molecule has 178 valence electrons. The number of imidazole rings is 1. The third-order valence-electron chi connectivity index (χ3n) is 5.83. The van der Waals surface area contributed by atoms with Crippen LogP contribution in [0.5, 0.6) is 0 Å². The maximum absolute atomic E-state index is 13.6. The van der Waals surface area contributed by atoms with E-state index in [2.05, 4.69) is 15.9 Å². The minimum Gasteiger partial charge on any atom is -0.264 e. The molecule has 2 aromatic carbocycles. The summed E-state index contributed by atoms with van der Waals surface area (Å²) in [7, 11) is -4.24. The van der Waals surface area contributed by atoms with Gasteiger partial charge in [0.1, 0.15) is 12.4 Å². The maximum atomic E-state index is 13.6. The summed E-state index contributed by atoms with van der Waals surface area (Å²) < 4.78 is 46.2. The second-order valence-corrected chi connectivity index (χ2v) is 9.86. The number of halogens is 1. The van der Waals surface area contributed by atoms with E-state index in [0.717, 1.165) is 3.97 Å². The molecule has 2 heterocycles. The monoisotopic (exact) mass is 492 g/mol. The fraction of sp³-hybridized carbons (Fsp3) is 0.208. The zero-order chi connectivity index (χ0) is 24.7. The second kappa shape index (κ2) is 8.65. The molecule has 5 rings (SSSR count). The molecule has 35 heavy (non-hydrogen) atoms. The zero-order valence-corrected chi connectivity index (χ0v) is 19.5. The molecule has 0 aliphatic heterocycles. The van der Waals surface area contributed by atoms with E-state index in [0.29, 0.717) is 46.7 Å². The van der Waals surface area contributed by atoms with Gasteiger partial charge in [-0.1, -0.05) is 12.1 Å². The van der Waals surface area contributed by atoms with E-state index < -0.39 is 22.6 Å². The van der Waals surface area contributed by atoms with Gasteiger partial charge in [-0.25, -0.2) is 13.9 Å². The molecule has 0 atom stereocenters. The average molecular weight is 493 g/mol. The summed E-state index contributed by atoms with van der Waals surface area (Å²) in [6, 6.07) is 16.4. The van der Waals surface area contributed by atoms with Crippen LogP contribution in [-0.2, 0) is 16.9 Å². The van der Waals surface area contributed by atoms with E-state index in [9.17, 15) is 17.6 Å². The smallest absolute Gasteiger partial charge is 0.264 e. The normalized spacial score (nSPS) is 13.6. The van der Waals surface area contributed by atoms with Crippen molar-refractivity contribution < 1.29 is 12.8 Å². The van der Waals surface area contributed by atoms with Crippen molar-refractivity contribution in [1.82, 2.24) is 23.0 Å². The van der Waals surface area contributed by atoms with Gasteiger partial charge in [0, 0.05) is 6.04 Å². The number of nitrogens with one attached hydrogen (secondary N) is 1. The van der Waals surface area contributed by atoms with Crippen molar-refractivity contribution in [3.05, 3.63) is 88.1 Å². The van der Waals surface area contributed by atoms with Crippen LogP contribution in [0.2, 0.25) is 0 Å². The van der Waals surface area contributed by atoms with Crippen molar-refractivity contribution >= 4 is 10.2 Å². The maximum Gasteiger partial charge on any atom is 0.348 e. The molecule has 11 heteroatoms. The Bertz CT molecular complexity index is 1620. The fourth-order valence-electron chi connectivity index (χ4n) is 4.01. The van der Waals surface area contributed by atoms with Gasteiger partial charge in [0.2, 0.25) is 0 Å². The molecule has 0 amide bonds. The highest BCUT2D eigenvalue weighted by Crippen LogP contribution is 2.29. The van der Waals surface area contributed by atoms with E-state index in [1.165, 1.54) is 21.5 Å². The Morgan fingerprint density at radius 1 is 1.14 bits per heavy atom. The highest BCUT2D eigenvalue weighted by Gasteiger charge is 2.34. The van der Waals surface area contributed by atoms with Gasteiger partial charge in [0.05, 0.1) is 40.6 Å². The number of alkyl halides is 1. The topological polar surface area (TPSA) is 115 Å². The Labute approximate surface area is 200 Å². The summed E-state index contributed by atoms with van der Waals surface area (Å²) in [5.74, 6) is 0. The number of hydrogen-bond acceptors (Lipinski definition) is 5. The van der Waals surface area contributed by atoms with E-state index >= 15 is 0 Å². The first kappa shape index (κ1) is 22.8. The summed E-state index contributed by atoms with van der Waals surface area (Å²) >= 11 is 0. The van der Waals surface area contributed by atoms with Crippen LogP contribution in [0.3, 0.4) is 0 Å². The van der Waals surface area contributed by atoms with Crippen molar-refractivity contribution in [2.45, 2.75) is 32.5 Å². The SMILES string of the molecule is Cc1c(-c2ccnn2-c2ccc(C#N)cc2)n(S(=O)(=O)NC2CC2)c(=O)n1-c1cccc(CF)c1. The molecule has 0 bridgehead atoms. The van der Waals surface area contributed by atoms with Gasteiger partial charge in [0.15, 0.2) is 0 Å². The molecule has 4 aromatic rings. The lowest BCUT2D eigenvalue weighted by Gasteiger charge is -2.12. The molecule has 0 spiro atoms. The highest BCUT2D eigenvalue weighted by molar-refractivity contribution is 7.88. The Morgan fingerprint density at radius 3 is 2.54 bits per heavy atom. The molecule has 0 unspecified atom stereocenters. The summed E-state index contributed by atoms with van der Waals surface area (Å²) in [5, 5.41) is 13.4. The lowest BCUT2D eigenvalue weighted by Crippen LogP contribution is -2.39. The van der Waals surface area contributed by atoms with Crippen LogP contribution in [0.25, 0.3) is 22.8 Å². The Balaban J connectivity index is 1.77. The van der Waals surface area contributed by atoms with Gasteiger partial charge in [-0.3, -0.25) is 4.57 Å². The van der Waals surface area contributed by atoms with Gasteiger partial charge in [-0.15, -0.1) is 0 Å². The first-order valence-corrected chi connectivity index (χ1v) is 12.4. The molecule has 0 radical (unpaired) electrons. The Morgan fingerprint density at radius 2 is 1.89 bits per heavy atom. The van der Waals surface area contributed by atoms with Crippen LogP contribution in [0.1, 0.15) is 29.7 Å². The summed E-state index contributed by atoms with van der Waals surface area (Å²) in [5.41, 5.74) is 1.82. The van der Waals surface area contributed by atoms with E-state index in [4.69, 9.17) is 5.26 Å². The first-order chi connectivity index (χ1) is 16.8. The summed E-state index contributed by atoms with van der Waals surface area (Å²) in [4.78, 5) is 13.6. The molecule has 1 N–H and O–H groups in total. The lowest BCUT2D eigenvalue weighted by molar-refractivity contribution is 0.485. The minimum atomic E-state index is -4.24. The lowest BCUT2D eigenvalue weighted by atomic mass is 10.2. The largest absolute Gasteiger partial charge is 0.348 e. The second-order valence-electron chi connectivity index (χ2n) is 8.30. The summed E-state index contributed by atoms with van der Waals surface area (Å²) in [6.45, 7) is 0.917. The van der Waals surface area contributed by atoms with E-state index in [-0.39, 0.29) is 11.7 Å². The molecule has 1 saturated carbocycles. The minimum absolute atomic E-state index is 0.135. The number of benzene rings is 2. The molecule has 0 saturated heterocycles. The van der Waals surface area contributed by atoms with Crippen LogP contribution < -0.4 is 10.4 Å². The van der Waals surface area contributed by atoms with E-state index in [1.54, 1.807) is 55.5 Å². The van der Waals surface area contributed by atoms with Gasteiger partial charge in [-0.2, -0.15) is 27.5 Å². The number of hydrogen-bond donors (Lipinski definition) is 1. The van der Waals surface area contributed by atoms with Gasteiger partial charge < -0.3 is 0 Å². The number of rotatable bonds is 7. The van der Waals surface area contributed by atoms with Gasteiger partial charge in [0.25, 0.3) is 0 Å². The number of aromatic nitrogens is 4. The molecule has 1 fully saturated rings. The molecule has 9 nitrogen and oxygen atoms in total. The average Bonchev–Trinajstić information content (AvgIpc) is 3.44. The van der Waals surface area contributed by atoms with Crippen LogP contribution in [-0.4, -0.2) is 32.8 Å². The predicted molar refractivity (Wildman–Crippen MR) is 127 cm³/mol. The van der Waals surface area contributed by atoms with Crippen molar-refractivity contribution in [2.75, 3.05) is 0 Å². The molecule has 2 aromatic heterocycles. The van der Waals surface area contributed by atoms with Gasteiger partial charge >= 0.3 is 15.9 Å². The summed E-state index contributed by atoms with van der Waals surface area (Å²) in [6.07, 6.45) is 2.90. The van der Waals surface area contributed by atoms with Crippen molar-refractivity contribution in [2.24, 2.45) is 0 Å². The van der Waals surface area contributed by atoms with Crippen molar-refractivity contribution in [3.63, 3.8) is 0 Å². The first-order valence-electron chi connectivity index (χ1n) is 10.9. The number of nitrogens with zero attached hydrogens (tertiary/aromatic N) is 5. The third-order valence-corrected chi connectivity index (χ3v) is 7.28. The standard InChI is InChI=1S/C24H21FN6O3S/c1-16-23(22-11-12-27-30(22)20-9-5-17(15-26)6-10-20)31(35(33,34)28-19-7-8-19)24(32)29(16)21-4-2-3-18(13-21)14-25/h2-6,9-13,19,28H,7-8,14H2,1H3. The Hall–Kier alpha value is -4.01. The predicted octanol–water partition coefficient (Wildman–Crippen LogP) is 2.99. The van der Waals surface area contributed by atoms with Crippen LogP contribution in [0.4, 0.5) is 4.39 Å². The van der Waals surface area contributed by atoms with Crippen LogP contribution >= 0.6 is 0 Å². The van der Waals surface area contributed by atoms with Gasteiger partial charge in [-0.05, 0) is 67.8 Å². The molecular weight excluding hydrogens is 471 g/mol. The zero-order valence-electron chi connectivity index (χ0n) is 18.7. The van der Waals surface area contributed by atoms with Crippen LogP contribution in [0, 0.1) is 18.3 Å². The molecular formula is C24H21FN6O3S. The molecule has 1 aliphatic carbocycles. The van der Waals surface area contributed by atoms with Crippen molar-refractivity contribution in [3.8, 4) is 28.8 Å². The highest BCUT2D eigenvalue weighted by atomic mass is 32.2. The van der Waals surface area contributed by atoms with Crippen molar-refractivity contribution in [1.29, 1.82) is 5.26 Å². The van der Waals surface area contributed by atoms with Crippen LogP contribution in [0.15, 0.2) is 65.6 Å². The number of nitriles is 1. The van der Waals surface area contributed by atoms with E-state index in [1.807, 2.05) is 0 Å².